The van der Waals surface area contributed by atoms with Crippen LogP contribution in [0, 0.1) is 10.1 Å². The summed E-state index contributed by atoms with van der Waals surface area (Å²) < 4.78 is 5.03. The number of Topliss-reactive ketones (excluding diaryl/α,β-unsaturated/α-hetero) is 1. The normalized spacial score (nSPS) is 18.2. The highest BCUT2D eigenvalue weighted by Crippen LogP contribution is 2.39. The number of ketones is 1. The highest BCUT2D eigenvalue weighted by Gasteiger charge is 2.45. The number of methoxy groups -OCH3 is 1. The summed E-state index contributed by atoms with van der Waals surface area (Å²) in [5.74, 6) is -1.90. The number of nitro groups is 1. The number of carbonyl (C=O) groups excluding carboxylic acids is 2. The van der Waals surface area contributed by atoms with Crippen LogP contribution >= 0.6 is 0 Å². The number of aromatic nitrogens is 1. The Labute approximate surface area is 166 Å². The van der Waals surface area contributed by atoms with Gasteiger partial charge in [0.25, 0.3) is 17.4 Å². The van der Waals surface area contributed by atoms with E-state index >= 15 is 0 Å². The third-order valence-corrected chi connectivity index (χ3v) is 4.66. The van der Waals surface area contributed by atoms with Gasteiger partial charge in [-0.25, -0.2) is 0 Å². The van der Waals surface area contributed by atoms with Crippen molar-refractivity contribution in [3.8, 4) is 0 Å². The highest BCUT2D eigenvalue weighted by atomic mass is 16.6. The van der Waals surface area contributed by atoms with Crippen LogP contribution in [0.1, 0.15) is 23.6 Å². The number of pyridine rings is 1. The van der Waals surface area contributed by atoms with E-state index < -0.39 is 22.7 Å². The monoisotopic (exact) mass is 397 g/mol. The number of rotatable bonds is 7. The SMILES string of the molecule is COCCCN1C(=O)C(=O)/C(=C(\O)c2ccc([N+](=O)[O-])cc2)C1c1ccncc1. The maximum atomic E-state index is 12.8. The van der Waals surface area contributed by atoms with Gasteiger partial charge >= 0.3 is 0 Å². The first-order chi connectivity index (χ1) is 14.0. The standard InChI is InChI=1S/C20H19N3O6/c1-29-12-2-11-22-17(13-7-9-21-10-8-13)16(19(25)20(22)26)18(24)14-3-5-15(6-4-14)23(27)28/h3-10,17,24H,2,11-12H2,1H3/b18-16-. The van der Waals surface area contributed by atoms with E-state index in [0.29, 0.717) is 18.6 Å². The average molecular weight is 397 g/mol. The third kappa shape index (κ3) is 3.99. The fourth-order valence-electron chi connectivity index (χ4n) is 3.28. The molecule has 1 amide bonds. The number of aliphatic hydroxyl groups excluding tert-OH is 1. The van der Waals surface area contributed by atoms with E-state index in [-0.39, 0.29) is 29.1 Å². The number of hydrogen-bond donors (Lipinski definition) is 1. The molecule has 9 heteroatoms. The van der Waals surface area contributed by atoms with Crippen LogP contribution < -0.4 is 0 Å². The molecule has 0 spiro atoms. The number of aliphatic hydroxyl groups is 1. The molecule has 2 heterocycles. The second-order valence-corrected chi connectivity index (χ2v) is 6.42. The summed E-state index contributed by atoms with van der Waals surface area (Å²) in [7, 11) is 1.54. The van der Waals surface area contributed by atoms with Crippen molar-refractivity contribution in [2.75, 3.05) is 20.3 Å². The van der Waals surface area contributed by atoms with Crippen LogP contribution in [-0.4, -0.2) is 51.9 Å². The van der Waals surface area contributed by atoms with E-state index in [4.69, 9.17) is 4.74 Å². The summed E-state index contributed by atoms with van der Waals surface area (Å²) in [6.07, 6.45) is 3.59. The number of nitrogens with zero attached hydrogens (tertiary/aromatic N) is 3. The zero-order valence-corrected chi connectivity index (χ0v) is 15.6. The van der Waals surface area contributed by atoms with E-state index in [2.05, 4.69) is 4.98 Å². The van der Waals surface area contributed by atoms with Gasteiger partial charge in [0.1, 0.15) is 5.76 Å². The lowest BCUT2D eigenvalue weighted by Gasteiger charge is -2.25. The van der Waals surface area contributed by atoms with Crippen LogP contribution in [0.15, 0.2) is 54.4 Å². The van der Waals surface area contributed by atoms with Crippen molar-refractivity contribution in [1.29, 1.82) is 0 Å². The van der Waals surface area contributed by atoms with Gasteiger partial charge in [-0.15, -0.1) is 0 Å². The van der Waals surface area contributed by atoms with Crippen LogP contribution in [0.3, 0.4) is 0 Å². The van der Waals surface area contributed by atoms with Gasteiger partial charge in [0.2, 0.25) is 0 Å². The van der Waals surface area contributed by atoms with Crippen LogP contribution in [0.25, 0.3) is 5.76 Å². The van der Waals surface area contributed by atoms with Crippen LogP contribution in [0.4, 0.5) is 5.69 Å². The molecule has 2 aromatic rings. The maximum Gasteiger partial charge on any atom is 0.295 e. The van der Waals surface area contributed by atoms with Gasteiger partial charge in [-0.1, -0.05) is 0 Å². The molecule has 1 fully saturated rings. The lowest BCUT2D eigenvalue weighted by Crippen LogP contribution is -2.31. The number of hydrogen-bond acceptors (Lipinski definition) is 7. The number of non-ortho nitro benzene ring substituents is 1. The van der Waals surface area contributed by atoms with Crippen LogP contribution in [0.5, 0.6) is 0 Å². The lowest BCUT2D eigenvalue weighted by molar-refractivity contribution is -0.384. The van der Waals surface area contributed by atoms with Crippen molar-refractivity contribution >= 4 is 23.1 Å². The second-order valence-electron chi connectivity index (χ2n) is 6.42. The number of carbonyl (C=O) groups is 2. The lowest BCUT2D eigenvalue weighted by atomic mass is 9.96. The van der Waals surface area contributed by atoms with Crippen molar-refractivity contribution in [3.63, 3.8) is 0 Å². The second kappa shape index (κ2) is 8.61. The Bertz CT molecular complexity index is 956. The Morgan fingerprint density at radius 2 is 1.86 bits per heavy atom. The van der Waals surface area contributed by atoms with Gasteiger partial charge in [-0.05, 0) is 36.2 Å². The van der Waals surface area contributed by atoms with Gasteiger partial charge in [0, 0.05) is 50.4 Å². The number of nitro benzene ring substituents is 1. The molecule has 1 aliphatic rings. The molecule has 3 rings (SSSR count). The maximum absolute atomic E-state index is 12.8. The first kappa shape index (κ1) is 20.2. The number of benzene rings is 1. The molecule has 0 radical (unpaired) electrons. The minimum Gasteiger partial charge on any atom is -0.507 e. The van der Waals surface area contributed by atoms with Crippen molar-refractivity contribution < 1.29 is 24.4 Å². The van der Waals surface area contributed by atoms with E-state index in [0.717, 1.165) is 0 Å². The van der Waals surface area contributed by atoms with Crippen molar-refractivity contribution in [1.82, 2.24) is 9.88 Å². The Balaban J connectivity index is 2.08. The molecular formula is C20H19N3O6. The molecule has 1 aromatic carbocycles. The van der Waals surface area contributed by atoms with Gasteiger partial charge in [-0.2, -0.15) is 0 Å². The zero-order chi connectivity index (χ0) is 21.0. The molecule has 9 nitrogen and oxygen atoms in total. The summed E-state index contributed by atoms with van der Waals surface area (Å²) >= 11 is 0. The smallest absolute Gasteiger partial charge is 0.295 e. The number of amides is 1. The fraction of sp³-hybridized carbons (Fsp3) is 0.250. The van der Waals surface area contributed by atoms with E-state index in [1.165, 1.54) is 41.6 Å². The Kier molecular flexibility index (Phi) is 5.99. The molecule has 1 N–H and O–H groups in total. The Morgan fingerprint density at radius 3 is 2.45 bits per heavy atom. The summed E-state index contributed by atoms with van der Waals surface area (Å²) in [6.45, 7) is 0.677. The summed E-state index contributed by atoms with van der Waals surface area (Å²) in [5, 5.41) is 21.7. The van der Waals surface area contributed by atoms with Crippen LogP contribution in [-0.2, 0) is 14.3 Å². The van der Waals surface area contributed by atoms with Crippen molar-refractivity contribution in [2.24, 2.45) is 0 Å². The third-order valence-electron chi connectivity index (χ3n) is 4.66. The average Bonchev–Trinajstić information content (AvgIpc) is 2.99. The molecule has 1 aromatic heterocycles. The molecule has 0 bridgehead atoms. The van der Waals surface area contributed by atoms with Gasteiger partial charge in [0.05, 0.1) is 16.5 Å². The fourth-order valence-corrected chi connectivity index (χ4v) is 3.28. The predicted octanol–water partition coefficient (Wildman–Crippen LogP) is 2.45. The minimum absolute atomic E-state index is 0.0625. The largest absolute Gasteiger partial charge is 0.507 e. The number of likely N-dealkylation sites (tertiary alicyclic amines) is 1. The van der Waals surface area contributed by atoms with E-state index in [1.54, 1.807) is 19.2 Å². The Morgan fingerprint density at radius 1 is 1.21 bits per heavy atom. The summed E-state index contributed by atoms with van der Waals surface area (Å²) in [5.41, 5.74) is 0.629. The quantitative estimate of drug-likeness (QED) is 0.190. The van der Waals surface area contributed by atoms with Gasteiger partial charge in [0.15, 0.2) is 0 Å². The highest BCUT2D eigenvalue weighted by molar-refractivity contribution is 6.46. The van der Waals surface area contributed by atoms with Crippen molar-refractivity contribution in [3.05, 3.63) is 75.6 Å². The zero-order valence-electron chi connectivity index (χ0n) is 15.6. The molecule has 0 saturated carbocycles. The first-order valence-electron chi connectivity index (χ1n) is 8.87. The molecule has 1 atom stereocenters. The molecule has 0 aliphatic carbocycles. The molecule has 29 heavy (non-hydrogen) atoms. The van der Waals surface area contributed by atoms with E-state index in [9.17, 15) is 24.8 Å². The topological polar surface area (TPSA) is 123 Å². The van der Waals surface area contributed by atoms with E-state index in [1.807, 2.05) is 0 Å². The minimum atomic E-state index is -0.805. The van der Waals surface area contributed by atoms with Crippen molar-refractivity contribution in [2.45, 2.75) is 12.5 Å². The predicted molar refractivity (Wildman–Crippen MR) is 103 cm³/mol. The van der Waals surface area contributed by atoms with Gasteiger partial charge < -0.3 is 14.7 Å². The summed E-state index contributed by atoms with van der Waals surface area (Å²) in [4.78, 5) is 41.1. The first-order valence-corrected chi connectivity index (χ1v) is 8.87. The molecule has 1 saturated heterocycles. The number of ether oxygens (including phenoxy) is 1. The molecule has 1 aliphatic heterocycles. The van der Waals surface area contributed by atoms with Gasteiger partial charge in [-0.3, -0.25) is 24.7 Å². The molecule has 150 valence electrons. The molecule has 1 unspecified atom stereocenters. The van der Waals surface area contributed by atoms with Crippen LogP contribution in [0.2, 0.25) is 0 Å². The molecular weight excluding hydrogens is 378 g/mol. The summed E-state index contributed by atoms with van der Waals surface area (Å²) in [6, 6.07) is 7.69. The Hall–Kier alpha value is -3.59.